The molecule has 0 saturated heterocycles. The molecule has 1 aromatic heterocycles. The Balaban J connectivity index is 1.67. The van der Waals surface area contributed by atoms with Gasteiger partial charge < -0.3 is 15.4 Å². The topological polar surface area (TPSA) is 80.3 Å². The van der Waals surface area contributed by atoms with E-state index in [0.29, 0.717) is 34.1 Å². The molecule has 0 aliphatic heterocycles. The first-order valence-corrected chi connectivity index (χ1v) is 8.99. The van der Waals surface area contributed by atoms with Crippen LogP contribution in [-0.4, -0.2) is 23.5 Å². The van der Waals surface area contributed by atoms with Crippen LogP contribution in [0.2, 0.25) is 5.02 Å². The van der Waals surface area contributed by atoms with Crippen molar-refractivity contribution in [1.29, 1.82) is 0 Å². The van der Waals surface area contributed by atoms with E-state index in [4.69, 9.17) is 16.3 Å². The number of hydrogen-bond donors (Lipinski definition) is 2. The van der Waals surface area contributed by atoms with Crippen molar-refractivity contribution in [3.63, 3.8) is 0 Å². The molecule has 2 aromatic carbocycles. The second-order valence-corrected chi connectivity index (χ2v) is 6.28. The maximum atomic E-state index is 12.5. The molecule has 0 unspecified atom stereocenters. The van der Waals surface area contributed by atoms with Crippen molar-refractivity contribution < 1.29 is 14.3 Å². The van der Waals surface area contributed by atoms with Gasteiger partial charge in [0, 0.05) is 22.6 Å². The fourth-order valence-corrected chi connectivity index (χ4v) is 2.57. The number of pyridine rings is 1. The smallest absolute Gasteiger partial charge is 0.338 e. The number of rotatable bonds is 6. The van der Waals surface area contributed by atoms with Gasteiger partial charge >= 0.3 is 5.97 Å². The Labute approximate surface area is 167 Å². The summed E-state index contributed by atoms with van der Waals surface area (Å²) >= 11 is 5.88. The van der Waals surface area contributed by atoms with Crippen LogP contribution in [0.3, 0.4) is 0 Å². The molecule has 0 bridgehead atoms. The zero-order chi connectivity index (χ0) is 19.9. The number of aromatic nitrogens is 1. The van der Waals surface area contributed by atoms with Crippen LogP contribution >= 0.6 is 11.6 Å². The highest BCUT2D eigenvalue weighted by atomic mass is 35.5. The normalized spacial score (nSPS) is 10.2. The van der Waals surface area contributed by atoms with Crippen molar-refractivity contribution in [3.8, 4) is 0 Å². The quantitative estimate of drug-likeness (QED) is 0.580. The number of halogens is 1. The third kappa shape index (κ3) is 5.08. The summed E-state index contributed by atoms with van der Waals surface area (Å²) in [7, 11) is 0. The number of anilines is 3. The van der Waals surface area contributed by atoms with Crippen LogP contribution < -0.4 is 10.6 Å². The van der Waals surface area contributed by atoms with E-state index < -0.39 is 5.97 Å². The first kappa shape index (κ1) is 19.4. The highest BCUT2D eigenvalue weighted by molar-refractivity contribution is 6.30. The molecule has 0 fully saturated rings. The van der Waals surface area contributed by atoms with Crippen molar-refractivity contribution in [1.82, 2.24) is 4.98 Å². The van der Waals surface area contributed by atoms with Crippen LogP contribution in [0.4, 0.5) is 17.1 Å². The molecule has 7 heteroatoms. The Morgan fingerprint density at radius 2 is 1.61 bits per heavy atom. The number of ether oxygens (including phenoxy) is 1. The summed E-state index contributed by atoms with van der Waals surface area (Å²) in [5, 5.41) is 6.59. The molecule has 142 valence electrons. The summed E-state index contributed by atoms with van der Waals surface area (Å²) < 4.78 is 4.94. The number of nitrogens with one attached hydrogen (secondary N) is 2. The van der Waals surface area contributed by atoms with Gasteiger partial charge in [0.2, 0.25) is 0 Å². The minimum absolute atomic E-state index is 0.309. The predicted molar refractivity (Wildman–Crippen MR) is 109 cm³/mol. The molecule has 3 aromatic rings. The molecule has 0 atom stereocenters. The van der Waals surface area contributed by atoms with Crippen molar-refractivity contribution in [2.75, 3.05) is 17.2 Å². The zero-order valence-electron chi connectivity index (χ0n) is 15.1. The van der Waals surface area contributed by atoms with E-state index in [1.165, 1.54) is 6.20 Å². The molecule has 1 amide bonds. The molecule has 0 saturated carbocycles. The van der Waals surface area contributed by atoms with Gasteiger partial charge in [-0.1, -0.05) is 11.6 Å². The second-order valence-electron chi connectivity index (χ2n) is 5.85. The van der Waals surface area contributed by atoms with Crippen molar-refractivity contribution in [2.24, 2.45) is 0 Å². The number of benzene rings is 2. The maximum Gasteiger partial charge on any atom is 0.338 e. The van der Waals surface area contributed by atoms with E-state index >= 15 is 0 Å². The van der Waals surface area contributed by atoms with Crippen LogP contribution in [0, 0.1) is 0 Å². The van der Waals surface area contributed by atoms with Crippen LogP contribution in [0.15, 0.2) is 67.0 Å². The van der Waals surface area contributed by atoms with Crippen LogP contribution in [0.1, 0.15) is 27.6 Å². The molecule has 0 aliphatic carbocycles. The van der Waals surface area contributed by atoms with Crippen LogP contribution in [0.25, 0.3) is 0 Å². The summed E-state index contributed by atoms with van der Waals surface area (Å²) in [5.41, 5.74) is 2.89. The van der Waals surface area contributed by atoms with Crippen LogP contribution in [0.5, 0.6) is 0 Å². The molecule has 2 N–H and O–H groups in total. The summed E-state index contributed by atoms with van der Waals surface area (Å²) in [6.07, 6.45) is 3.11. The first-order valence-electron chi connectivity index (χ1n) is 8.61. The van der Waals surface area contributed by atoms with Gasteiger partial charge in [-0.15, -0.1) is 0 Å². The third-order valence-corrected chi connectivity index (χ3v) is 4.04. The van der Waals surface area contributed by atoms with Crippen molar-refractivity contribution >= 4 is 40.5 Å². The van der Waals surface area contributed by atoms with E-state index in [1.807, 2.05) is 12.1 Å². The van der Waals surface area contributed by atoms with Crippen molar-refractivity contribution in [3.05, 3.63) is 83.1 Å². The van der Waals surface area contributed by atoms with E-state index in [0.717, 1.165) is 5.69 Å². The molecule has 28 heavy (non-hydrogen) atoms. The molecular formula is C21H18ClN3O3. The molecule has 0 radical (unpaired) electrons. The van der Waals surface area contributed by atoms with Gasteiger partial charge in [0.1, 0.15) is 0 Å². The Morgan fingerprint density at radius 1 is 0.929 bits per heavy atom. The van der Waals surface area contributed by atoms with Crippen molar-refractivity contribution in [2.45, 2.75) is 6.92 Å². The number of carbonyl (C=O) groups is 2. The lowest BCUT2D eigenvalue weighted by atomic mass is 10.2. The first-order chi connectivity index (χ1) is 13.5. The molecule has 6 nitrogen and oxygen atoms in total. The summed E-state index contributed by atoms with van der Waals surface area (Å²) in [5.74, 6) is -0.707. The number of carbonyl (C=O) groups excluding carboxylic acids is 2. The van der Waals surface area contributed by atoms with Gasteiger partial charge in [-0.3, -0.25) is 9.78 Å². The SMILES string of the molecule is CCOC(=O)c1ccc(NC(=O)c2cncc(Nc3ccc(Cl)cc3)c2)cc1. The number of amides is 1. The predicted octanol–water partition coefficient (Wildman–Crippen LogP) is 4.91. The van der Waals surface area contributed by atoms with Gasteiger partial charge in [0.25, 0.3) is 5.91 Å². The monoisotopic (exact) mass is 395 g/mol. The number of esters is 1. The van der Waals surface area contributed by atoms with Gasteiger partial charge in [-0.25, -0.2) is 4.79 Å². The summed E-state index contributed by atoms with van der Waals surface area (Å²) in [4.78, 5) is 28.3. The zero-order valence-corrected chi connectivity index (χ0v) is 15.9. The highest BCUT2D eigenvalue weighted by Gasteiger charge is 2.10. The molecule has 0 aliphatic rings. The number of nitrogens with zero attached hydrogens (tertiary/aromatic N) is 1. The minimum Gasteiger partial charge on any atom is -0.462 e. The molecule has 0 spiro atoms. The average Bonchev–Trinajstić information content (AvgIpc) is 2.71. The molecule has 1 heterocycles. The lowest BCUT2D eigenvalue weighted by Crippen LogP contribution is -2.13. The van der Waals surface area contributed by atoms with E-state index in [-0.39, 0.29) is 5.91 Å². The Bertz CT molecular complexity index is 973. The Kier molecular flexibility index (Phi) is 6.24. The summed E-state index contributed by atoms with van der Waals surface area (Å²) in [6.45, 7) is 2.06. The van der Waals surface area contributed by atoms with E-state index in [2.05, 4.69) is 15.6 Å². The highest BCUT2D eigenvalue weighted by Crippen LogP contribution is 2.20. The van der Waals surface area contributed by atoms with Crippen LogP contribution in [-0.2, 0) is 4.74 Å². The van der Waals surface area contributed by atoms with Gasteiger partial charge in [0.15, 0.2) is 0 Å². The third-order valence-electron chi connectivity index (χ3n) is 3.79. The van der Waals surface area contributed by atoms with E-state index in [9.17, 15) is 9.59 Å². The minimum atomic E-state index is -0.398. The fraction of sp³-hybridized carbons (Fsp3) is 0.0952. The molecule has 3 rings (SSSR count). The second kappa shape index (κ2) is 9.01. The molecular weight excluding hydrogens is 378 g/mol. The number of hydrogen-bond acceptors (Lipinski definition) is 5. The Hall–Kier alpha value is -3.38. The van der Waals surface area contributed by atoms with Gasteiger partial charge in [0.05, 0.1) is 29.6 Å². The van der Waals surface area contributed by atoms with Gasteiger partial charge in [-0.2, -0.15) is 0 Å². The standard InChI is InChI=1S/C21H18ClN3O3/c1-2-28-21(27)14-3-7-18(8-4-14)25-20(26)15-11-19(13-23-12-15)24-17-9-5-16(22)6-10-17/h3-13,24H,2H2,1H3,(H,25,26). The lowest BCUT2D eigenvalue weighted by Gasteiger charge is -2.09. The van der Waals surface area contributed by atoms with Gasteiger partial charge in [-0.05, 0) is 61.5 Å². The fourth-order valence-electron chi connectivity index (χ4n) is 2.44. The maximum absolute atomic E-state index is 12.5. The lowest BCUT2D eigenvalue weighted by molar-refractivity contribution is 0.0526. The Morgan fingerprint density at radius 3 is 2.29 bits per heavy atom. The summed E-state index contributed by atoms with van der Waals surface area (Å²) in [6, 6.07) is 15.4. The van der Waals surface area contributed by atoms with E-state index in [1.54, 1.807) is 55.6 Å². The average molecular weight is 396 g/mol. The largest absolute Gasteiger partial charge is 0.462 e.